The van der Waals surface area contributed by atoms with Crippen LogP contribution in [0, 0.1) is 5.82 Å². The first-order valence-corrected chi connectivity index (χ1v) is 13.1. The van der Waals surface area contributed by atoms with E-state index in [9.17, 15) is 9.18 Å². The van der Waals surface area contributed by atoms with Gasteiger partial charge in [-0.1, -0.05) is 60.7 Å². The molecular formula is C31H34FN3O4. The van der Waals surface area contributed by atoms with Gasteiger partial charge in [0.15, 0.2) is 5.54 Å². The number of benzene rings is 3. The number of carbonyl (C=O) groups is 1. The lowest BCUT2D eigenvalue weighted by Gasteiger charge is -2.27. The first-order chi connectivity index (χ1) is 19.0. The van der Waals surface area contributed by atoms with Gasteiger partial charge in [-0.15, -0.1) is 0 Å². The third kappa shape index (κ3) is 7.31. The van der Waals surface area contributed by atoms with Gasteiger partial charge in [-0.05, 0) is 54.8 Å². The second kappa shape index (κ2) is 13.7. The van der Waals surface area contributed by atoms with Gasteiger partial charge in [0.05, 0.1) is 6.61 Å². The van der Waals surface area contributed by atoms with E-state index in [4.69, 9.17) is 19.6 Å². The number of aliphatic imine (C=N–C) groups is 1. The number of hydrogen-bond acceptors (Lipinski definition) is 6. The number of hydrazine groups is 1. The summed E-state index contributed by atoms with van der Waals surface area (Å²) in [5.41, 5.74) is 6.81. The van der Waals surface area contributed by atoms with Gasteiger partial charge in [0.25, 0.3) is 5.91 Å². The normalized spacial score (nSPS) is 18.5. The van der Waals surface area contributed by atoms with E-state index in [-0.39, 0.29) is 18.3 Å². The van der Waals surface area contributed by atoms with E-state index in [0.29, 0.717) is 49.6 Å². The number of amides is 1. The largest absolute Gasteiger partial charge is 0.494 e. The number of ether oxygens (including phenoxy) is 2. The van der Waals surface area contributed by atoms with Crippen LogP contribution in [0.3, 0.4) is 0 Å². The van der Waals surface area contributed by atoms with E-state index in [0.717, 1.165) is 11.1 Å². The zero-order valence-electron chi connectivity index (χ0n) is 22.0. The van der Waals surface area contributed by atoms with Crippen LogP contribution in [0.1, 0.15) is 36.5 Å². The van der Waals surface area contributed by atoms with Crippen molar-refractivity contribution in [2.75, 3.05) is 19.8 Å². The molecule has 0 bridgehead atoms. The van der Waals surface area contributed by atoms with E-state index in [2.05, 4.69) is 10.9 Å². The Labute approximate surface area is 228 Å². The van der Waals surface area contributed by atoms with Gasteiger partial charge in [-0.2, -0.15) is 0 Å². The minimum absolute atomic E-state index is 0.0709. The van der Waals surface area contributed by atoms with E-state index in [1.807, 2.05) is 73.7 Å². The SMILES string of the molecule is C[C@@H]1OC(c2ccc(OCCCO)cc2)=N[C@]1(C/C=C/c1ccccc1)C(=O)NNCCc1ccccc1F. The topological polar surface area (TPSA) is 92.2 Å². The second-order valence-corrected chi connectivity index (χ2v) is 9.29. The molecule has 0 saturated carbocycles. The van der Waals surface area contributed by atoms with E-state index in [1.54, 1.807) is 18.2 Å². The van der Waals surface area contributed by atoms with Crippen molar-refractivity contribution in [1.82, 2.24) is 10.9 Å². The summed E-state index contributed by atoms with van der Waals surface area (Å²) >= 11 is 0. The molecule has 0 fully saturated rings. The van der Waals surface area contributed by atoms with Gasteiger partial charge in [0.1, 0.15) is 17.7 Å². The van der Waals surface area contributed by atoms with Crippen LogP contribution in [0.4, 0.5) is 4.39 Å². The fourth-order valence-corrected chi connectivity index (χ4v) is 4.27. The van der Waals surface area contributed by atoms with E-state index < -0.39 is 11.6 Å². The monoisotopic (exact) mass is 531 g/mol. The zero-order chi connectivity index (χ0) is 27.5. The first kappa shape index (κ1) is 28.0. The Bertz CT molecular complexity index is 1280. The summed E-state index contributed by atoms with van der Waals surface area (Å²) in [7, 11) is 0. The van der Waals surface area contributed by atoms with Crippen molar-refractivity contribution in [2.24, 2.45) is 4.99 Å². The average Bonchev–Trinajstić information content (AvgIpc) is 3.30. The molecule has 2 atom stereocenters. The molecule has 1 amide bonds. The van der Waals surface area contributed by atoms with Crippen molar-refractivity contribution in [3.63, 3.8) is 0 Å². The number of nitrogens with zero attached hydrogens (tertiary/aromatic N) is 1. The van der Waals surface area contributed by atoms with Crippen molar-refractivity contribution >= 4 is 17.9 Å². The van der Waals surface area contributed by atoms with Crippen LogP contribution in [-0.2, 0) is 16.0 Å². The molecule has 3 aromatic carbocycles. The molecule has 4 rings (SSSR count). The molecule has 8 heteroatoms. The Kier molecular flexibility index (Phi) is 9.83. The van der Waals surface area contributed by atoms with Gasteiger partial charge in [0, 0.05) is 31.6 Å². The molecule has 1 aliphatic rings. The van der Waals surface area contributed by atoms with Gasteiger partial charge < -0.3 is 14.6 Å². The van der Waals surface area contributed by atoms with Gasteiger partial charge in [-0.25, -0.2) is 14.8 Å². The van der Waals surface area contributed by atoms with Crippen molar-refractivity contribution in [3.05, 3.63) is 107 Å². The lowest BCUT2D eigenvalue weighted by atomic mass is 9.89. The van der Waals surface area contributed by atoms with Gasteiger partial charge in [0.2, 0.25) is 5.90 Å². The Balaban J connectivity index is 1.49. The van der Waals surface area contributed by atoms with Crippen molar-refractivity contribution in [2.45, 2.75) is 37.8 Å². The highest BCUT2D eigenvalue weighted by atomic mass is 19.1. The molecular weight excluding hydrogens is 497 g/mol. The quantitative estimate of drug-likeness (QED) is 0.224. The van der Waals surface area contributed by atoms with Crippen LogP contribution in [-0.4, -0.2) is 48.3 Å². The first-order valence-electron chi connectivity index (χ1n) is 13.1. The van der Waals surface area contributed by atoms with E-state index in [1.165, 1.54) is 6.07 Å². The Morgan fingerprint density at radius 1 is 1.10 bits per heavy atom. The summed E-state index contributed by atoms with van der Waals surface area (Å²) < 4.78 is 25.7. The highest BCUT2D eigenvalue weighted by Gasteiger charge is 2.49. The van der Waals surface area contributed by atoms with E-state index >= 15 is 0 Å². The Morgan fingerprint density at radius 2 is 1.85 bits per heavy atom. The predicted molar refractivity (Wildman–Crippen MR) is 150 cm³/mol. The van der Waals surface area contributed by atoms with Crippen LogP contribution < -0.4 is 15.6 Å². The summed E-state index contributed by atoms with van der Waals surface area (Å²) in [4.78, 5) is 18.4. The summed E-state index contributed by atoms with van der Waals surface area (Å²) in [6.07, 6.45) is 4.63. The lowest BCUT2D eigenvalue weighted by Crippen LogP contribution is -2.54. The maximum Gasteiger partial charge on any atom is 0.266 e. The van der Waals surface area contributed by atoms with Crippen molar-refractivity contribution < 1.29 is 23.8 Å². The maximum atomic E-state index is 13.9. The fraction of sp³-hybridized carbons (Fsp3) is 0.290. The third-order valence-corrected chi connectivity index (χ3v) is 6.55. The molecule has 0 saturated heterocycles. The standard InChI is InChI=1S/C31H34FN3O4/c1-23-31(19-7-11-24-9-3-2-4-10-24,30(37)35-33-20-18-25-12-5-6-13-28(25)32)34-29(39-23)26-14-16-27(17-15-26)38-22-8-21-36/h2-7,9-17,23,33,36H,8,18-22H2,1H3,(H,35,37)/b11-7+/t23-,31-/m0/s1. The molecule has 1 aliphatic heterocycles. The number of rotatable bonds is 13. The molecule has 39 heavy (non-hydrogen) atoms. The summed E-state index contributed by atoms with van der Waals surface area (Å²) in [6, 6.07) is 23.7. The molecule has 0 spiro atoms. The van der Waals surface area contributed by atoms with Crippen molar-refractivity contribution in [1.29, 1.82) is 0 Å². The molecule has 1 heterocycles. The average molecular weight is 532 g/mol. The minimum Gasteiger partial charge on any atom is -0.494 e. The highest BCUT2D eigenvalue weighted by molar-refractivity contribution is 6.00. The van der Waals surface area contributed by atoms with Crippen molar-refractivity contribution in [3.8, 4) is 5.75 Å². The minimum atomic E-state index is -1.21. The fourth-order valence-electron chi connectivity index (χ4n) is 4.27. The number of aliphatic hydroxyl groups excluding tert-OH is 1. The summed E-state index contributed by atoms with van der Waals surface area (Å²) in [5, 5.41) is 8.94. The molecule has 0 unspecified atom stereocenters. The lowest BCUT2D eigenvalue weighted by molar-refractivity contribution is -0.129. The van der Waals surface area contributed by atoms with Crippen LogP contribution in [0.15, 0.2) is 89.9 Å². The smallest absolute Gasteiger partial charge is 0.266 e. The zero-order valence-corrected chi connectivity index (χ0v) is 22.0. The summed E-state index contributed by atoms with van der Waals surface area (Å²) in [5.74, 6) is 0.442. The highest BCUT2D eigenvalue weighted by Crippen LogP contribution is 2.33. The second-order valence-electron chi connectivity index (χ2n) is 9.29. The number of carbonyl (C=O) groups excluding carboxylic acids is 1. The molecule has 204 valence electrons. The number of halogens is 1. The molecule has 0 aliphatic carbocycles. The Morgan fingerprint density at radius 3 is 2.59 bits per heavy atom. The summed E-state index contributed by atoms with van der Waals surface area (Å²) in [6.45, 7) is 2.68. The number of aliphatic hydroxyl groups is 1. The molecule has 0 radical (unpaired) electrons. The molecule has 3 aromatic rings. The predicted octanol–water partition coefficient (Wildman–Crippen LogP) is 4.46. The van der Waals surface area contributed by atoms with Gasteiger partial charge in [-0.3, -0.25) is 10.2 Å². The Hall–Kier alpha value is -4.01. The van der Waals surface area contributed by atoms with Gasteiger partial charge >= 0.3 is 0 Å². The number of nitrogens with one attached hydrogen (secondary N) is 2. The van der Waals surface area contributed by atoms with Crippen LogP contribution in [0.2, 0.25) is 0 Å². The van der Waals surface area contributed by atoms with Crippen LogP contribution in [0.25, 0.3) is 6.08 Å². The third-order valence-electron chi connectivity index (χ3n) is 6.55. The maximum absolute atomic E-state index is 13.9. The molecule has 7 nitrogen and oxygen atoms in total. The molecule has 0 aromatic heterocycles. The van der Waals surface area contributed by atoms with Crippen LogP contribution >= 0.6 is 0 Å². The number of hydrogen-bond donors (Lipinski definition) is 3. The molecule has 3 N–H and O–H groups in total. The van der Waals surface area contributed by atoms with Crippen LogP contribution in [0.5, 0.6) is 5.75 Å².